The molecule has 2 aromatic carbocycles. The highest BCUT2D eigenvalue weighted by molar-refractivity contribution is 5.78. The number of hydrazine groups is 1. The standard InChI is InChI=1S/C16H15FN2O/c1-10-8-12(17)6-7-13(10)16(19-18)15-9-11-4-2-3-5-14(11)20-15/h2-9,16,19H,18H2,1H3. The number of benzene rings is 2. The molecule has 0 saturated carbocycles. The van der Waals surface area contributed by atoms with Gasteiger partial charge in [0, 0.05) is 5.39 Å². The number of fused-ring (bicyclic) bond motifs is 1. The number of furan rings is 1. The molecule has 3 aromatic rings. The zero-order valence-electron chi connectivity index (χ0n) is 11.1. The Morgan fingerprint density at radius 3 is 2.65 bits per heavy atom. The van der Waals surface area contributed by atoms with Gasteiger partial charge in [-0.3, -0.25) is 5.84 Å². The molecule has 0 saturated heterocycles. The van der Waals surface area contributed by atoms with Gasteiger partial charge < -0.3 is 4.42 Å². The van der Waals surface area contributed by atoms with Crippen molar-refractivity contribution >= 4 is 11.0 Å². The van der Waals surface area contributed by atoms with E-state index in [1.54, 1.807) is 6.07 Å². The second-order valence-electron chi connectivity index (χ2n) is 4.79. The van der Waals surface area contributed by atoms with Crippen LogP contribution in [-0.2, 0) is 0 Å². The van der Waals surface area contributed by atoms with Gasteiger partial charge in [-0.05, 0) is 42.3 Å². The first-order valence-corrected chi connectivity index (χ1v) is 6.39. The molecule has 0 aliphatic heterocycles. The third-order valence-electron chi connectivity index (χ3n) is 3.44. The van der Waals surface area contributed by atoms with Crippen LogP contribution in [0.2, 0.25) is 0 Å². The van der Waals surface area contributed by atoms with Crippen molar-refractivity contribution in [3.05, 3.63) is 71.2 Å². The number of hydrogen-bond acceptors (Lipinski definition) is 3. The van der Waals surface area contributed by atoms with Crippen molar-refractivity contribution in [1.29, 1.82) is 0 Å². The maximum atomic E-state index is 13.2. The third-order valence-corrected chi connectivity index (χ3v) is 3.44. The maximum Gasteiger partial charge on any atom is 0.134 e. The lowest BCUT2D eigenvalue weighted by molar-refractivity contribution is 0.475. The van der Waals surface area contributed by atoms with Crippen LogP contribution in [-0.4, -0.2) is 0 Å². The lowest BCUT2D eigenvalue weighted by Crippen LogP contribution is -2.29. The van der Waals surface area contributed by atoms with Gasteiger partial charge in [-0.25, -0.2) is 9.82 Å². The minimum atomic E-state index is -0.303. The summed E-state index contributed by atoms with van der Waals surface area (Å²) in [7, 11) is 0. The number of nitrogens with two attached hydrogens (primary N) is 1. The summed E-state index contributed by atoms with van der Waals surface area (Å²) in [4.78, 5) is 0. The van der Waals surface area contributed by atoms with Crippen LogP contribution < -0.4 is 11.3 Å². The minimum Gasteiger partial charge on any atom is -0.459 e. The van der Waals surface area contributed by atoms with Crippen molar-refractivity contribution in [2.75, 3.05) is 0 Å². The largest absolute Gasteiger partial charge is 0.459 e. The normalized spacial score (nSPS) is 12.8. The molecule has 0 aliphatic carbocycles. The van der Waals surface area contributed by atoms with Gasteiger partial charge in [0.15, 0.2) is 0 Å². The lowest BCUT2D eigenvalue weighted by atomic mass is 9.99. The molecule has 0 radical (unpaired) electrons. The first kappa shape index (κ1) is 12.8. The van der Waals surface area contributed by atoms with Gasteiger partial charge in [0.2, 0.25) is 0 Å². The van der Waals surface area contributed by atoms with Gasteiger partial charge in [-0.2, -0.15) is 0 Å². The van der Waals surface area contributed by atoms with Gasteiger partial charge >= 0.3 is 0 Å². The highest BCUT2D eigenvalue weighted by Crippen LogP contribution is 2.29. The molecular weight excluding hydrogens is 255 g/mol. The average Bonchev–Trinajstić information content (AvgIpc) is 2.85. The molecule has 3 rings (SSSR count). The van der Waals surface area contributed by atoms with Gasteiger partial charge in [0.25, 0.3) is 0 Å². The van der Waals surface area contributed by atoms with E-state index in [2.05, 4.69) is 5.43 Å². The van der Waals surface area contributed by atoms with Crippen LogP contribution in [0.5, 0.6) is 0 Å². The first-order chi connectivity index (χ1) is 9.69. The molecule has 20 heavy (non-hydrogen) atoms. The SMILES string of the molecule is Cc1cc(F)ccc1C(NN)c1cc2ccccc2o1. The average molecular weight is 270 g/mol. The van der Waals surface area contributed by atoms with Crippen molar-refractivity contribution < 1.29 is 8.81 Å². The monoisotopic (exact) mass is 270 g/mol. The quantitative estimate of drug-likeness (QED) is 0.566. The van der Waals surface area contributed by atoms with Gasteiger partial charge in [-0.15, -0.1) is 0 Å². The van der Waals surface area contributed by atoms with Gasteiger partial charge in [0.05, 0.1) is 0 Å². The summed E-state index contributed by atoms with van der Waals surface area (Å²) < 4.78 is 19.0. The molecule has 1 atom stereocenters. The topological polar surface area (TPSA) is 51.2 Å². The number of hydrogen-bond donors (Lipinski definition) is 2. The minimum absolute atomic E-state index is 0.258. The number of halogens is 1. The van der Waals surface area contributed by atoms with Crippen LogP contribution in [0.3, 0.4) is 0 Å². The molecular formula is C16H15FN2O. The van der Waals surface area contributed by atoms with Crippen molar-refractivity contribution in [2.24, 2.45) is 5.84 Å². The predicted octanol–water partition coefficient (Wildman–Crippen LogP) is 3.43. The van der Waals surface area contributed by atoms with Crippen molar-refractivity contribution in [2.45, 2.75) is 13.0 Å². The number of rotatable bonds is 3. The van der Waals surface area contributed by atoms with Gasteiger partial charge in [0.1, 0.15) is 23.2 Å². The highest BCUT2D eigenvalue weighted by Gasteiger charge is 2.19. The summed E-state index contributed by atoms with van der Waals surface area (Å²) in [5.74, 6) is 6.12. The maximum absolute atomic E-state index is 13.2. The van der Waals surface area contributed by atoms with E-state index >= 15 is 0 Å². The lowest BCUT2D eigenvalue weighted by Gasteiger charge is -2.16. The van der Waals surface area contributed by atoms with Crippen LogP contribution in [0, 0.1) is 12.7 Å². The summed E-state index contributed by atoms with van der Waals surface area (Å²) in [6, 6.07) is 14.0. The second-order valence-corrected chi connectivity index (χ2v) is 4.79. The Kier molecular flexibility index (Phi) is 3.26. The molecule has 0 fully saturated rings. The molecule has 102 valence electrons. The molecule has 1 unspecified atom stereocenters. The van der Waals surface area contributed by atoms with Crippen LogP contribution in [0.4, 0.5) is 4.39 Å². The van der Waals surface area contributed by atoms with Crippen molar-refractivity contribution in [3.8, 4) is 0 Å². The molecule has 0 bridgehead atoms. The zero-order chi connectivity index (χ0) is 14.1. The van der Waals surface area contributed by atoms with Crippen LogP contribution in [0.25, 0.3) is 11.0 Å². The predicted molar refractivity (Wildman–Crippen MR) is 76.5 cm³/mol. The number of para-hydroxylation sites is 1. The summed E-state index contributed by atoms with van der Waals surface area (Å²) >= 11 is 0. The van der Waals surface area contributed by atoms with E-state index in [0.29, 0.717) is 5.76 Å². The number of aryl methyl sites for hydroxylation is 1. The first-order valence-electron chi connectivity index (χ1n) is 6.39. The molecule has 1 aromatic heterocycles. The van der Waals surface area contributed by atoms with Crippen molar-refractivity contribution in [3.63, 3.8) is 0 Å². The molecule has 3 nitrogen and oxygen atoms in total. The van der Waals surface area contributed by atoms with Crippen LogP contribution in [0.15, 0.2) is 52.9 Å². The molecule has 4 heteroatoms. The molecule has 0 spiro atoms. The van der Waals surface area contributed by atoms with E-state index in [1.807, 2.05) is 37.3 Å². The van der Waals surface area contributed by atoms with E-state index in [9.17, 15) is 4.39 Å². The van der Waals surface area contributed by atoms with Gasteiger partial charge in [-0.1, -0.05) is 24.3 Å². The third kappa shape index (κ3) is 2.19. The van der Waals surface area contributed by atoms with E-state index in [0.717, 1.165) is 22.1 Å². The summed E-state index contributed by atoms with van der Waals surface area (Å²) in [5.41, 5.74) is 5.27. The van der Waals surface area contributed by atoms with E-state index in [4.69, 9.17) is 10.3 Å². The smallest absolute Gasteiger partial charge is 0.134 e. The Labute approximate surface area is 116 Å². The summed E-state index contributed by atoms with van der Waals surface area (Å²) in [6.07, 6.45) is 0. The Hall–Kier alpha value is -2.17. The fraction of sp³-hybridized carbons (Fsp3) is 0.125. The van der Waals surface area contributed by atoms with Crippen LogP contribution >= 0.6 is 0 Å². The Balaban J connectivity index is 2.08. The Morgan fingerprint density at radius 1 is 1.15 bits per heavy atom. The van der Waals surface area contributed by atoms with E-state index in [-0.39, 0.29) is 11.9 Å². The zero-order valence-corrected chi connectivity index (χ0v) is 11.1. The molecule has 0 aliphatic rings. The van der Waals surface area contributed by atoms with Crippen LogP contribution in [0.1, 0.15) is 22.9 Å². The summed E-state index contributed by atoms with van der Waals surface area (Å²) in [5, 5.41) is 1.02. The Bertz CT molecular complexity index is 718. The molecule has 3 N–H and O–H groups in total. The van der Waals surface area contributed by atoms with Crippen molar-refractivity contribution in [1.82, 2.24) is 5.43 Å². The number of nitrogens with one attached hydrogen (secondary N) is 1. The van der Waals surface area contributed by atoms with E-state index < -0.39 is 0 Å². The molecule has 0 amide bonds. The second kappa shape index (κ2) is 5.07. The fourth-order valence-electron chi connectivity index (χ4n) is 2.43. The Morgan fingerprint density at radius 2 is 1.95 bits per heavy atom. The van der Waals surface area contributed by atoms with E-state index in [1.165, 1.54) is 12.1 Å². The summed E-state index contributed by atoms with van der Waals surface area (Å²) in [6.45, 7) is 1.85. The fourth-order valence-corrected chi connectivity index (χ4v) is 2.43. The highest BCUT2D eigenvalue weighted by atomic mass is 19.1. The molecule has 1 heterocycles.